The molecule has 0 unspecified atom stereocenters. The molecule has 1 amide bonds. The largest absolute Gasteiger partial charge is 0.467 e. The zero-order chi connectivity index (χ0) is 21.1. The van der Waals surface area contributed by atoms with Crippen LogP contribution in [0.15, 0.2) is 35.7 Å². The summed E-state index contributed by atoms with van der Waals surface area (Å²) in [6.45, 7) is 0.427. The van der Waals surface area contributed by atoms with E-state index in [0.717, 1.165) is 24.6 Å². The van der Waals surface area contributed by atoms with E-state index in [9.17, 15) is 18.0 Å². The number of nitrogens with zero attached hydrogens (tertiary/aromatic N) is 4. The highest BCUT2D eigenvalue weighted by molar-refractivity contribution is 8.13. The van der Waals surface area contributed by atoms with E-state index in [1.807, 2.05) is 6.92 Å². The van der Waals surface area contributed by atoms with Crippen LogP contribution in [-0.4, -0.2) is 44.6 Å². The van der Waals surface area contributed by atoms with E-state index in [1.54, 1.807) is 18.3 Å². The molecule has 2 aromatic rings. The first-order valence-corrected chi connectivity index (χ1v) is 9.41. The molecule has 0 saturated heterocycles. The van der Waals surface area contributed by atoms with Crippen molar-refractivity contribution in [1.29, 1.82) is 0 Å². The summed E-state index contributed by atoms with van der Waals surface area (Å²) in [7, 11) is 0. The van der Waals surface area contributed by atoms with Gasteiger partial charge in [0.15, 0.2) is 11.8 Å². The van der Waals surface area contributed by atoms with Crippen molar-refractivity contribution in [2.24, 2.45) is 10.7 Å². The molecule has 29 heavy (non-hydrogen) atoms. The molecule has 0 bridgehead atoms. The Labute approximate surface area is 168 Å². The van der Waals surface area contributed by atoms with Crippen molar-refractivity contribution in [2.45, 2.75) is 25.1 Å². The van der Waals surface area contributed by atoms with E-state index >= 15 is 0 Å². The number of thioether (sulfide) groups is 1. The van der Waals surface area contributed by atoms with Gasteiger partial charge in [-0.3, -0.25) is 9.78 Å². The van der Waals surface area contributed by atoms with Crippen LogP contribution >= 0.6 is 11.8 Å². The maximum Gasteiger partial charge on any atom is 0.422 e. The number of carbonyl (C=O) groups is 1. The summed E-state index contributed by atoms with van der Waals surface area (Å²) in [5.41, 5.74) is 6.28. The number of ether oxygens (including phenoxy) is 1. The van der Waals surface area contributed by atoms with E-state index < -0.39 is 24.2 Å². The lowest BCUT2D eigenvalue weighted by Gasteiger charge is -2.28. The molecule has 154 valence electrons. The smallest absolute Gasteiger partial charge is 0.422 e. The number of anilines is 1. The Morgan fingerprint density at radius 3 is 2.79 bits per heavy atom. The second kappa shape index (κ2) is 8.23. The van der Waals surface area contributed by atoms with Gasteiger partial charge in [0.2, 0.25) is 5.88 Å². The first-order valence-electron chi connectivity index (χ1n) is 8.42. The van der Waals surface area contributed by atoms with Gasteiger partial charge < -0.3 is 15.8 Å². The van der Waals surface area contributed by atoms with Crippen LogP contribution in [0.25, 0.3) is 0 Å². The van der Waals surface area contributed by atoms with Gasteiger partial charge in [-0.1, -0.05) is 11.8 Å². The molecule has 0 aliphatic carbocycles. The molecule has 3 N–H and O–H groups in total. The monoisotopic (exact) mass is 426 g/mol. The van der Waals surface area contributed by atoms with Crippen LogP contribution in [0.5, 0.6) is 5.88 Å². The predicted molar refractivity (Wildman–Crippen MR) is 102 cm³/mol. The van der Waals surface area contributed by atoms with Gasteiger partial charge in [-0.15, -0.1) is 0 Å². The minimum Gasteiger partial charge on any atom is -0.467 e. The van der Waals surface area contributed by atoms with Gasteiger partial charge in [0, 0.05) is 17.6 Å². The van der Waals surface area contributed by atoms with Crippen molar-refractivity contribution >= 4 is 28.5 Å². The Hall–Kier alpha value is -2.89. The van der Waals surface area contributed by atoms with Crippen molar-refractivity contribution in [3.8, 4) is 5.88 Å². The fourth-order valence-corrected chi connectivity index (χ4v) is 3.51. The van der Waals surface area contributed by atoms with E-state index in [0.29, 0.717) is 16.5 Å². The van der Waals surface area contributed by atoms with Gasteiger partial charge in [0.25, 0.3) is 5.91 Å². The molecule has 1 aliphatic heterocycles. The predicted octanol–water partition coefficient (Wildman–Crippen LogP) is 2.73. The Balaban J connectivity index is 1.69. The van der Waals surface area contributed by atoms with Crippen molar-refractivity contribution in [3.05, 3.63) is 42.1 Å². The average molecular weight is 426 g/mol. The van der Waals surface area contributed by atoms with Crippen LogP contribution in [0.2, 0.25) is 0 Å². The SMILES string of the molecule is C[C@@]1(c2cc(NC(=O)c3cnc(OCC(F)(F)F)cn3)ccn2)CCSC(N)=N1. The normalized spacial score (nSPS) is 19.4. The van der Waals surface area contributed by atoms with Crippen molar-refractivity contribution < 1.29 is 22.7 Å². The lowest BCUT2D eigenvalue weighted by atomic mass is 9.94. The molecule has 0 fully saturated rings. The maximum atomic E-state index is 12.4. The van der Waals surface area contributed by atoms with Crippen LogP contribution in [0.4, 0.5) is 18.9 Å². The van der Waals surface area contributed by atoms with Crippen molar-refractivity contribution in [2.75, 3.05) is 17.7 Å². The van der Waals surface area contributed by atoms with Crippen molar-refractivity contribution in [3.63, 3.8) is 0 Å². The quantitative estimate of drug-likeness (QED) is 0.755. The molecule has 0 aromatic carbocycles. The van der Waals surface area contributed by atoms with Gasteiger partial charge in [0.05, 0.1) is 18.1 Å². The number of nitrogens with two attached hydrogens (primary N) is 1. The Kier molecular flexibility index (Phi) is 5.91. The van der Waals surface area contributed by atoms with Gasteiger partial charge in [-0.2, -0.15) is 13.2 Å². The van der Waals surface area contributed by atoms with E-state index in [4.69, 9.17) is 5.73 Å². The van der Waals surface area contributed by atoms with E-state index in [1.165, 1.54) is 11.8 Å². The van der Waals surface area contributed by atoms with Gasteiger partial charge in [-0.05, 0) is 25.5 Å². The third-order valence-corrected chi connectivity index (χ3v) is 4.81. The molecule has 3 rings (SSSR count). The molecule has 2 aromatic heterocycles. The Morgan fingerprint density at radius 2 is 2.14 bits per heavy atom. The highest BCUT2D eigenvalue weighted by Gasteiger charge is 2.31. The molecular weight excluding hydrogens is 409 g/mol. The number of hydrogen-bond acceptors (Lipinski definition) is 8. The lowest BCUT2D eigenvalue weighted by molar-refractivity contribution is -0.154. The summed E-state index contributed by atoms with van der Waals surface area (Å²) in [5, 5.41) is 3.14. The highest BCUT2D eigenvalue weighted by atomic mass is 32.2. The number of alkyl halides is 3. The highest BCUT2D eigenvalue weighted by Crippen LogP contribution is 2.34. The van der Waals surface area contributed by atoms with E-state index in [-0.39, 0.29) is 11.6 Å². The molecule has 0 radical (unpaired) electrons. The Bertz CT molecular complexity index is 922. The Morgan fingerprint density at radius 1 is 1.34 bits per heavy atom. The van der Waals surface area contributed by atoms with Crippen LogP contribution in [-0.2, 0) is 5.54 Å². The minimum atomic E-state index is -4.49. The topological polar surface area (TPSA) is 115 Å². The molecular formula is C17H17F3N6O2S. The minimum absolute atomic E-state index is 0.0785. The van der Waals surface area contributed by atoms with Gasteiger partial charge >= 0.3 is 6.18 Å². The number of aromatic nitrogens is 3. The third kappa shape index (κ3) is 5.56. The first-order chi connectivity index (χ1) is 13.6. The molecule has 0 saturated carbocycles. The zero-order valence-corrected chi connectivity index (χ0v) is 16.0. The van der Waals surface area contributed by atoms with E-state index in [2.05, 4.69) is 30.0 Å². The number of pyridine rings is 1. The fraction of sp³-hybridized carbons (Fsp3) is 0.353. The molecule has 3 heterocycles. The molecule has 0 spiro atoms. The number of aliphatic imine (C=N–C) groups is 1. The fourth-order valence-electron chi connectivity index (χ4n) is 2.53. The molecule has 1 atom stereocenters. The number of nitrogens with one attached hydrogen (secondary N) is 1. The average Bonchev–Trinajstić information content (AvgIpc) is 2.66. The maximum absolute atomic E-state index is 12.4. The summed E-state index contributed by atoms with van der Waals surface area (Å²) < 4.78 is 40.9. The van der Waals surface area contributed by atoms with Crippen LogP contribution in [0, 0.1) is 0 Å². The summed E-state index contributed by atoms with van der Waals surface area (Å²) >= 11 is 1.48. The summed E-state index contributed by atoms with van der Waals surface area (Å²) in [5.74, 6) is -0.101. The number of amidine groups is 1. The third-order valence-electron chi connectivity index (χ3n) is 4.01. The molecule has 8 nitrogen and oxygen atoms in total. The summed E-state index contributed by atoms with van der Waals surface area (Å²) in [6.07, 6.45) is -0.207. The standard InChI is InChI=1S/C17H17F3N6O2S/c1-16(3-5-29-15(21)26-16)12-6-10(2-4-22-12)25-14(27)11-7-24-13(8-23-11)28-9-17(18,19)20/h2,4,6-8H,3,5,9H2,1H3,(H2,21,26)(H,22,25,27)/t16-/m0/s1. The summed E-state index contributed by atoms with van der Waals surface area (Å²) in [4.78, 5) is 28.6. The van der Waals surface area contributed by atoms with Crippen LogP contribution in [0.1, 0.15) is 29.5 Å². The number of carbonyl (C=O) groups excluding carboxylic acids is 1. The molecule has 1 aliphatic rings. The number of rotatable bonds is 5. The van der Waals surface area contributed by atoms with Gasteiger partial charge in [-0.25, -0.2) is 15.0 Å². The number of halogens is 3. The zero-order valence-electron chi connectivity index (χ0n) is 15.2. The van der Waals surface area contributed by atoms with Crippen LogP contribution in [0.3, 0.4) is 0 Å². The number of amides is 1. The second-order valence-electron chi connectivity index (χ2n) is 6.35. The van der Waals surface area contributed by atoms with Crippen molar-refractivity contribution in [1.82, 2.24) is 15.0 Å². The van der Waals surface area contributed by atoms with Gasteiger partial charge in [0.1, 0.15) is 11.2 Å². The lowest BCUT2D eigenvalue weighted by Crippen LogP contribution is -2.29. The summed E-state index contributed by atoms with van der Waals surface area (Å²) in [6, 6.07) is 3.29. The number of hydrogen-bond donors (Lipinski definition) is 2. The first kappa shape index (κ1) is 20.8. The molecule has 12 heteroatoms. The van der Waals surface area contributed by atoms with Crippen LogP contribution < -0.4 is 15.8 Å². The second-order valence-corrected chi connectivity index (χ2v) is 7.47.